The molecule has 2 N–H and O–H groups in total. The van der Waals surface area contributed by atoms with Gasteiger partial charge in [-0.25, -0.2) is 0 Å². The van der Waals surface area contributed by atoms with Gasteiger partial charge in [0.2, 0.25) is 0 Å². The van der Waals surface area contributed by atoms with Crippen LogP contribution < -0.4 is 15.2 Å². The Labute approximate surface area is 157 Å². The van der Waals surface area contributed by atoms with Crippen LogP contribution in [0.4, 0.5) is 0 Å². The summed E-state index contributed by atoms with van der Waals surface area (Å²) >= 11 is 0. The number of rotatable bonds is 9. The summed E-state index contributed by atoms with van der Waals surface area (Å²) in [6.45, 7) is 3.69. The zero-order chi connectivity index (χ0) is 18.4. The molecule has 2 aromatic carbocycles. The fourth-order valence-corrected chi connectivity index (χ4v) is 4.06. The molecular formula is C23H31NO2. The van der Waals surface area contributed by atoms with Crippen LogP contribution in [0.15, 0.2) is 48.5 Å². The average molecular weight is 354 g/mol. The lowest BCUT2D eigenvalue weighted by molar-refractivity contribution is 0.191. The molecule has 3 rings (SSSR count). The standard InChI is InChI=1S/C23H31NO2/c1-18(12-15-24)16-23(13-3-14-23)20-6-10-22(11-7-20)26-17-19-4-8-21(25-2)9-5-19/h4-11,18H,3,12-17,24H2,1-2H3. The minimum Gasteiger partial charge on any atom is -0.497 e. The number of benzene rings is 2. The zero-order valence-electron chi connectivity index (χ0n) is 16.0. The predicted molar refractivity (Wildman–Crippen MR) is 107 cm³/mol. The van der Waals surface area contributed by atoms with Crippen molar-refractivity contribution in [1.29, 1.82) is 0 Å². The number of hydrogen-bond donors (Lipinski definition) is 1. The van der Waals surface area contributed by atoms with E-state index in [0.29, 0.717) is 17.9 Å². The third kappa shape index (κ3) is 4.39. The Bertz CT molecular complexity index is 674. The van der Waals surface area contributed by atoms with Gasteiger partial charge in [0.05, 0.1) is 7.11 Å². The van der Waals surface area contributed by atoms with Crippen LogP contribution in [0.1, 0.15) is 50.2 Å². The SMILES string of the molecule is COc1ccc(COc2ccc(C3(CC(C)CCN)CCC3)cc2)cc1. The first-order valence-corrected chi connectivity index (χ1v) is 9.71. The highest BCUT2D eigenvalue weighted by molar-refractivity contribution is 5.34. The second-order valence-corrected chi connectivity index (χ2v) is 7.68. The van der Waals surface area contributed by atoms with Crippen molar-refractivity contribution in [2.75, 3.05) is 13.7 Å². The molecule has 0 radical (unpaired) electrons. The summed E-state index contributed by atoms with van der Waals surface area (Å²) in [6, 6.07) is 16.8. The van der Waals surface area contributed by atoms with Crippen molar-refractivity contribution < 1.29 is 9.47 Å². The van der Waals surface area contributed by atoms with E-state index in [2.05, 4.69) is 31.2 Å². The molecular weight excluding hydrogens is 322 g/mol. The molecule has 2 aromatic rings. The van der Waals surface area contributed by atoms with E-state index in [4.69, 9.17) is 15.2 Å². The molecule has 1 atom stereocenters. The first-order chi connectivity index (χ1) is 12.6. The summed E-state index contributed by atoms with van der Waals surface area (Å²) in [5, 5.41) is 0. The van der Waals surface area contributed by atoms with Crippen LogP contribution in [0.25, 0.3) is 0 Å². The van der Waals surface area contributed by atoms with E-state index in [-0.39, 0.29) is 0 Å². The molecule has 0 spiro atoms. The molecule has 26 heavy (non-hydrogen) atoms. The van der Waals surface area contributed by atoms with Crippen LogP contribution in [0.3, 0.4) is 0 Å². The molecule has 0 aromatic heterocycles. The van der Waals surface area contributed by atoms with Gasteiger partial charge in [0.1, 0.15) is 18.1 Å². The molecule has 1 fully saturated rings. The van der Waals surface area contributed by atoms with Gasteiger partial charge in [-0.15, -0.1) is 0 Å². The fourth-order valence-electron chi connectivity index (χ4n) is 4.06. The van der Waals surface area contributed by atoms with Gasteiger partial charge in [0.25, 0.3) is 0 Å². The minimum atomic E-state index is 0.364. The Morgan fingerprint density at radius 3 is 2.19 bits per heavy atom. The number of hydrogen-bond acceptors (Lipinski definition) is 3. The minimum absolute atomic E-state index is 0.364. The Morgan fingerprint density at radius 2 is 1.65 bits per heavy atom. The maximum atomic E-state index is 5.95. The van der Waals surface area contributed by atoms with Gasteiger partial charge in [-0.1, -0.05) is 37.6 Å². The van der Waals surface area contributed by atoms with E-state index in [9.17, 15) is 0 Å². The third-order valence-electron chi connectivity index (χ3n) is 5.74. The lowest BCUT2D eigenvalue weighted by atomic mass is 9.60. The Balaban J connectivity index is 1.60. The summed E-state index contributed by atoms with van der Waals surface area (Å²) in [7, 11) is 1.68. The summed E-state index contributed by atoms with van der Waals surface area (Å²) in [4.78, 5) is 0. The molecule has 0 saturated heterocycles. The maximum absolute atomic E-state index is 5.95. The second kappa shape index (κ2) is 8.59. The van der Waals surface area contributed by atoms with Crippen molar-refractivity contribution >= 4 is 0 Å². The number of ether oxygens (including phenoxy) is 2. The van der Waals surface area contributed by atoms with E-state index in [0.717, 1.165) is 30.0 Å². The molecule has 1 aliphatic carbocycles. The Kier molecular flexibility index (Phi) is 6.20. The smallest absolute Gasteiger partial charge is 0.119 e. The normalized spacial score (nSPS) is 16.6. The molecule has 1 saturated carbocycles. The van der Waals surface area contributed by atoms with Crippen LogP contribution in [0, 0.1) is 5.92 Å². The molecule has 3 nitrogen and oxygen atoms in total. The molecule has 0 bridgehead atoms. The van der Waals surface area contributed by atoms with Gasteiger partial charge in [0, 0.05) is 0 Å². The lowest BCUT2D eigenvalue weighted by Crippen LogP contribution is -2.36. The number of nitrogens with two attached hydrogens (primary N) is 1. The van der Waals surface area contributed by atoms with Crippen molar-refractivity contribution in [3.63, 3.8) is 0 Å². The van der Waals surface area contributed by atoms with Crippen LogP contribution in [-0.2, 0) is 12.0 Å². The summed E-state index contributed by atoms with van der Waals surface area (Å²) in [5.74, 6) is 2.48. The van der Waals surface area contributed by atoms with Gasteiger partial charge in [-0.05, 0) is 79.0 Å². The first-order valence-electron chi connectivity index (χ1n) is 9.71. The van der Waals surface area contributed by atoms with Crippen molar-refractivity contribution in [3.05, 3.63) is 59.7 Å². The van der Waals surface area contributed by atoms with Gasteiger partial charge >= 0.3 is 0 Å². The van der Waals surface area contributed by atoms with Crippen LogP contribution in [0.2, 0.25) is 0 Å². The van der Waals surface area contributed by atoms with E-state index in [1.807, 2.05) is 24.3 Å². The Hall–Kier alpha value is -2.00. The molecule has 3 heteroatoms. The van der Waals surface area contributed by atoms with Gasteiger partial charge < -0.3 is 15.2 Å². The quantitative estimate of drug-likeness (QED) is 0.684. The second-order valence-electron chi connectivity index (χ2n) is 7.68. The van der Waals surface area contributed by atoms with Crippen LogP contribution >= 0.6 is 0 Å². The fraction of sp³-hybridized carbons (Fsp3) is 0.478. The lowest BCUT2D eigenvalue weighted by Gasteiger charge is -2.44. The van der Waals surface area contributed by atoms with E-state index < -0.39 is 0 Å². The molecule has 140 valence electrons. The molecule has 0 amide bonds. The topological polar surface area (TPSA) is 44.5 Å². The molecule has 0 aliphatic heterocycles. The van der Waals surface area contributed by atoms with Crippen molar-refractivity contribution in [2.45, 2.75) is 51.0 Å². The summed E-state index contributed by atoms with van der Waals surface area (Å²) in [5.41, 5.74) is 8.71. The zero-order valence-corrected chi connectivity index (χ0v) is 16.0. The molecule has 1 aliphatic rings. The van der Waals surface area contributed by atoms with E-state index in [1.165, 1.54) is 31.2 Å². The summed E-state index contributed by atoms with van der Waals surface area (Å²) in [6.07, 6.45) is 6.30. The van der Waals surface area contributed by atoms with Gasteiger partial charge in [-0.2, -0.15) is 0 Å². The van der Waals surface area contributed by atoms with E-state index >= 15 is 0 Å². The molecule has 1 unspecified atom stereocenters. The third-order valence-corrected chi connectivity index (χ3v) is 5.74. The van der Waals surface area contributed by atoms with Crippen LogP contribution in [0.5, 0.6) is 11.5 Å². The highest BCUT2D eigenvalue weighted by Gasteiger charge is 2.39. The van der Waals surface area contributed by atoms with Gasteiger partial charge in [-0.3, -0.25) is 0 Å². The van der Waals surface area contributed by atoms with Crippen molar-refractivity contribution in [2.24, 2.45) is 11.7 Å². The largest absolute Gasteiger partial charge is 0.497 e. The maximum Gasteiger partial charge on any atom is 0.119 e. The van der Waals surface area contributed by atoms with Gasteiger partial charge in [0.15, 0.2) is 0 Å². The number of methoxy groups -OCH3 is 1. The summed E-state index contributed by atoms with van der Waals surface area (Å²) < 4.78 is 11.1. The van der Waals surface area contributed by atoms with Crippen molar-refractivity contribution in [1.82, 2.24) is 0 Å². The highest BCUT2D eigenvalue weighted by atomic mass is 16.5. The van der Waals surface area contributed by atoms with E-state index in [1.54, 1.807) is 7.11 Å². The monoisotopic (exact) mass is 353 g/mol. The highest BCUT2D eigenvalue weighted by Crippen LogP contribution is 2.48. The van der Waals surface area contributed by atoms with Crippen molar-refractivity contribution in [3.8, 4) is 11.5 Å². The molecule has 0 heterocycles. The Morgan fingerprint density at radius 1 is 1.00 bits per heavy atom. The first kappa shape index (κ1) is 18.8. The predicted octanol–water partition coefficient (Wildman–Crippen LogP) is 5.07. The van der Waals surface area contributed by atoms with Crippen LogP contribution in [-0.4, -0.2) is 13.7 Å². The average Bonchev–Trinajstić information content (AvgIpc) is 2.64.